The van der Waals surface area contributed by atoms with Crippen LogP contribution in [0.4, 0.5) is 5.82 Å². The summed E-state index contributed by atoms with van der Waals surface area (Å²) in [5, 5.41) is 6.67. The maximum atomic E-state index is 12.1. The average molecular weight is 295 g/mol. The predicted octanol–water partition coefficient (Wildman–Crippen LogP) is 0.421. The lowest BCUT2D eigenvalue weighted by Gasteiger charge is -2.14. The highest BCUT2D eigenvalue weighted by Crippen LogP contribution is 2.28. The highest BCUT2D eigenvalue weighted by atomic mass is 16.5. The van der Waals surface area contributed by atoms with Crippen molar-refractivity contribution in [3.8, 4) is 0 Å². The van der Waals surface area contributed by atoms with Crippen molar-refractivity contribution in [2.24, 2.45) is 5.92 Å². The van der Waals surface area contributed by atoms with Gasteiger partial charge in [-0.15, -0.1) is 0 Å². The van der Waals surface area contributed by atoms with E-state index in [1.807, 2.05) is 0 Å². The molecule has 0 bridgehead atoms. The number of hydrogen-bond acceptors (Lipinski definition) is 6. The topological polar surface area (TPSA) is 102 Å². The van der Waals surface area contributed by atoms with Crippen molar-refractivity contribution in [3.05, 3.63) is 11.3 Å². The van der Waals surface area contributed by atoms with Crippen LogP contribution in [0.5, 0.6) is 0 Å². The molecule has 1 aromatic heterocycles. The number of hydrogen-bond donors (Lipinski definition) is 1. The van der Waals surface area contributed by atoms with Crippen LogP contribution in [0.1, 0.15) is 29.4 Å². The van der Waals surface area contributed by atoms with Crippen LogP contribution in [0, 0.1) is 12.8 Å². The molecule has 1 aliphatic rings. The second-order valence-electron chi connectivity index (χ2n) is 4.70. The van der Waals surface area contributed by atoms with Gasteiger partial charge in [0.15, 0.2) is 5.82 Å². The summed E-state index contributed by atoms with van der Waals surface area (Å²) in [7, 11) is 1.28. The van der Waals surface area contributed by atoms with Gasteiger partial charge in [0.25, 0.3) is 0 Å². The molecule has 1 atom stereocenters. The van der Waals surface area contributed by atoms with Crippen molar-refractivity contribution in [3.63, 3.8) is 0 Å². The number of aryl methyl sites for hydroxylation is 1. The number of nitrogens with one attached hydrogen (secondary N) is 1. The molecule has 1 saturated heterocycles. The fraction of sp³-hybridized carbons (Fsp3) is 0.538. The number of rotatable bonds is 4. The van der Waals surface area contributed by atoms with Crippen LogP contribution in [-0.2, 0) is 19.1 Å². The van der Waals surface area contributed by atoms with E-state index in [0.29, 0.717) is 5.69 Å². The number of esters is 2. The van der Waals surface area contributed by atoms with Gasteiger partial charge in [-0.3, -0.25) is 19.6 Å². The Hall–Kier alpha value is -2.38. The van der Waals surface area contributed by atoms with Crippen LogP contribution < -0.4 is 4.90 Å². The molecule has 1 fully saturated rings. The fourth-order valence-corrected chi connectivity index (χ4v) is 2.30. The monoisotopic (exact) mass is 295 g/mol. The molecule has 0 aromatic carbocycles. The van der Waals surface area contributed by atoms with Gasteiger partial charge < -0.3 is 9.47 Å². The number of aromatic amines is 1. The molecule has 2 heterocycles. The van der Waals surface area contributed by atoms with Gasteiger partial charge in [-0.25, -0.2) is 4.79 Å². The molecule has 21 heavy (non-hydrogen) atoms. The van der Waals surface area contributed by atoms with Crippen molar-refractivity contribution in [2.45, 2.75) is 20.3 Å². The molecule has 1 N–H and O–H groups in total. The first-order valence-corrected chi connectivity index (χ1v) is 6.59. The van der Waals surface area contributed by atoms with Crippen LogP contribution in [0.15, 0.2) is 0 Å². The van der Waals surface area contributed by atoms with Crippen LogP contribution in [0.25, 0.3) is 0 Å². The number of nitrogens with zero attached hydrogens (tertiary/aromatic N) is 2. The number of ether oxygens (including phenoxy) is 2. The third kappa shape index (κ3) is 2.74. The van der Waals surface area contributed by atoms with Crippen LogP contribution in [0.2, 0.25) is 0 Å². The molecule has 1 aliphatic heterocycles. The first kappa shape index (κ1) is 15.0. The third-order valence-electron chi connectivity index (χ3n) is 3.32. The van der Waals surface area contributed by atoms with Crippen molar-refractivity contribution < 1.29 is 23.9 Å². The molecule has 2 rings (SSSR count). The molecule has 0 radical (unpaired) electrons. The molecule has 8 nitrogen and oxygen atoms in total. The summed E-state index contributed by atoms with van der Waals surface area (Å²) < 4.78 is 9.62. The molecule has 1 aromatic rings. The largest absolute Gasteiger partial charge is 0.469 e. The van der Waals surface area contributed by atoms with Gasteiger partial charge in [0, 0.05) is 18.7 Å². The van der Waals surface area contributed by atoms with Gasteiger partial charge in [-0.05, 0) is 13.8 Å². The zero-order valence-electron chi connectivity index (χ0n) is 12.1. The van der Waals surface area contributed by atoms with Crippen molar-refractivity contribution in [1.29, 1.82) is 0 Å². The number of methoxy groups -OCH3 is 1. The smallest absolute Gasteiger partial charge is 0.343 e. The Labute approximate surface area is 121 Å². The summed E-state index contributed by atoms with van der Waals surface area (Å²) in [6.45, 7) is 3.73. The molecule has 1 amide bonds. The van der Waals surface area contributed by atoms with E-state index in [-0.39, 0.29) is 36.9 Å². The molecule has 0 spiro atoms. The standard InChI is InChI=1S/C13H17N3O5/c1-4-21-13(19)10-7(2)14-15-11(10)16-6-8(5-9(16)17)12(18)20-3/h8H,4-6H2,1-3H3,(H,14,15). The lowest BCUT2D eigenvalue weighted by Crippen LogP contribution is -2.28. The van der Waals surface area contributed by atoms with Crippen molar-refractivity contribution in [2.75, 3.05) is 25.2 Å². The zero-order chi connectivity index (χ0) is 15.6. The predicted molar refractivity (Wildman–Crippen MR) is 71.8 cm³/mol. The fourth-order valence-electron chi connectivity index (χ4n) is 2.30. The lowest BCUT2D eigenvalue weighted by molar-refractivity contribution is -0.145. The van der Waals surface area contributed by atoms with E-state index in [1.54, 1.807) is 13.8 Å². The summed E-state index contributed by atoms with van der Waals surface area (Å²) in [6, 6.07) is 0. The Bertz CT molecular complexity index is 580. The minimum atomic E-state index is -0.548. The van der Waals surface area contributed by atoms with E-state index < -0.39 is 17.9 Å². The van der Waals surface area contributed by atoms with Gasteiger partial charge in [-0.2, -0.15) is 5.10 Å². The minimum absolute atomic E-state index is 0.0425. The average Bonchev–Trinajstić information content (AvgIpc) is 3.01. The Morgan fingerprint density at radius 2 is 2.19 bits per heavy atom. The highest BCUT2D eigenvalue weighted by Gasteiger charge is 2.39. The number of carbonyl (C=O) groups excluding carboxylic acids is 3. The maximum absolute atomic E-state index is 12.1. The second kappa shape index (κ2) is 5.94. The molecule has 114 valence electrons. The third-order valence-corrected chi connectivity index (χ3v) is 3.32. The number of H-pyrrole nitrogens is 1. The molecule has 0 aliphatic carbocycles. The summed E-state index contributed by atoms with van der Waals surface area (Å²) in [5.74, 6) is -1.62. The van der Waals surface area contributed by atoms with E-state index >= 15 is 0 Å². The van der Waals surface area contributed by atoms with Crippen LogP contribution >= 0.6 is 0 Å². The number of aromatic nitrogens is 2. The Morgan fingerprint density at radius 3 is 2.81 bits per heavy atom. The Balaban J connectivity index is 2.29. The first-order chi connectivity index (χ1) is 9.99. The van der Waals surface area contributed by atoms with Gasteiger partial charge in [0.2, 0.25) is 5.91 Å². The summed E-state index contributed by atoms with van der Waals surface area (Å²) in [6.07, 6.45) is 0.0425. The van der Waals surface area contributed by atoms with Gasteiger partial charge >= 0.3 is 11.9 Å². The van der Waals surface area contributed by atoms with Crippen molar-refractivity contribution >= 4 is 23.7 Å². The van der Waals surface area contributed by atoms with Gasteiger partial charge in [-0.1, -0.05) is 0 Å². The Morgan fingerprint density at radius 1 is 1.48 bits per heavy atom. The summed E-state index contributed by atoms with van der Waals surface area (Å²) in [4.78, 5) is 36.9. The lowest BCUT2D eigenvalue weighted by atomic mass is 10.1. The van der Waals surface area contributed by atoms with Crippen LogP contribution in [0.3, 0.4) is 0 Å². The number of anilines is 1. The maximum Gasteiger partial charge on any atom is 0.343 e. The van der Waals surface area contributed by atoms with E-state index in [9.17, 15) is 14.4 Å². The molecule has 8 heteroatoms. The molecule has 1 unspecified atom stereocenters. The minimum Gasteiger partial charge on any atom is -0.469 e. The van der Waals surface area contributed by atoms with Gasteiger partial charge in [0.05, 0.1) is 19.6 Å². The van der Waals surface area contributed by atoms with Crippen LogP contribution in [-0.4, -0.2) is 48.3 Å². The Kier molecular flexibility index (Phi) is 4.25. The number of amides is 1. The highest BCUT2D eigenvalue weighted by molar-refractivity contribution is 6.04. The summed E-state index contributed by atoms with van der Waals surface area (Å²) >= 11 is 0. The molecular weight excluding hydrogens is 278 g/mol. The second-order valence-corrected chi connectivity index (χ2v) is 4.70. The van der Waals surface area contributed by atoms with E-state index in [4.69, 9.17) is 4.74 Å². The van der Waals surface area contributed by atoms with Crippen molar-refractivity contribution in [1.82, 2.24) is 10.2 Å². The van der Waals surface area contributed by atoms with E-state index in [0.717, 1.165) is 0 Å². The zero-order valence-corrected chi connectivity index (χ0v) is 12.1. The quantitative estimate of drug-likeness (QED) is 0.808. The van der Waals surface area contributed by atoms with E-state index in [2.05, 4.69) is 14.9 Å². The summed E-state index contributed by atoms with van der Waals surface area (Å²) in [5.41, 5.74) is 0.730. The normalized spacial score (nSPS) is 18.0. The molecule has 0 saturated carbocycles. The van der Waals surface area contributed by atoms with Gasteiger partial charge in [0.1, 0.15) is 5.56 Å². The molecular formula is C13H17N3O5. The SMILES string of the molecule is CCOC(=O)c1c(N2CC(C(=O)OC)CC2=O)n[nH]c1C. The first-order valence-electron chi connectivity index (χ1n) is 6.59. The number of carbonyl (C=O) groups is 3. The van der Waals surface area contributed by atoms with E-state index in [1.165, 1.54) is 12.0 Å².